The Morgan fingerprint density at radius 3 is 2.69 bits per heavy atom. The first-order chi connectivity index (χ1) is 11.9. The molecular weight excluding hydrogens is 480 g/mol. The number of nitrogens with one attached hydrogen (secondary N) is 2. The van der Waals surface area contributed by atoms with Crippen LogP contribution in [-0.4, -0.2) is 40.4 Å². The molecule has 0 aliphatic carbocycles. The summed E-state index contributed by atoms with van der Waals surface area (Å²) in [6.45, 7) is 6.32. The second kappa shape index (κ2) is 10.7. The van der Waals surface area contributed by atoms with E-state index in [1.165, 1.54) is 0 Å². The predicted molar refractivity (Wildman–Crippen MR) is 107 cm³/mol. The molecule has 0 aliphatic rings. The number of guanidine groups is 1. The van der Waals surface area contributed by atoms with Crippen LogP contribution in [0.3, 0.4) is 0 Å². The molecule has 0 aliphatic heterocycles. The van der Waals surface area contributed by atoms with E-state index in [1.54, 1.807) is 6.20 Å². The van der Waals surface area contributed by atoms with E-state index in [9.17, 15) is 13.2 Å². The summed E-state index contributed by atoms with van der Waals surface area (Å²) < 4.78 is 39.4. The van der Waals surface area contributed by atoms with E-state index < -0.39 is 11.9 Å². The van der Waals surface area contributed by atoms with Gasteiger partial charge in [0.15, 0.2) is 11.7 Å². The third kappa shape index (κ3) is 7.48. The Morgan fingerprint density at radius 1 is 1.35 bits per heavy atom. The smallest absolute Gasteiger partial charge is 0.357 e. The standard InChI is InChI=1S/C15H21F3N6S.HI/c1-3-19-14(21-6-7-24-9-11(2)8-22-24)20-5-4-13-23-12(10-25-13)15(16,17)18;/h8-10H,3-7H2,1-2H3,(H2,19,20,21);1H. The minimum Gasteiger partial charge on any atom is -0.357 e. The van der Waals surface area contributed by atoms with Crippen molar-refractivity contribution in [2.45, 2.75) is 33.0 Å². The predicted octanol–water partition coefficient (Wildman–Crippen LogP) is 3.08. The summed E-state index contributed by atoms with van der Waals surface area (Å²) in [5.74, 6) is 0.624. The highest BCUT2D eigenvalue weighted by atomic mass is 127. The summed E-state index contributed by atoms with van der Waals surface area (Å²) in [6.07, 6.45) is -0.274. The van der Waals surface area contributed by atoms with Crippen molar-refractivity contribution in [2.75, 3.05) is 19.6 Å². The fourth-order valence-corrected chi connectivity index (χ4v) is 2.83. The summed E-state index contributed by atoms with van der Waals surface area (Å²) in [4.78, 5) is 7.97. The number of nitrogens with zero attached hydrogens (tertiary/aromatic N) is 4. The molecule has 11 heteroatoms. The number of halogens is 4. The van der Waals surface area contributed by atoms with Gasteiger partial charge >= 0.3 is 6.18 Å². The van der Waals surface area contributed by atoms with Crippen LogP contribution in [0.2, 0.25) is 0 Å². The monoisotopic (exact) mass is 502 g/mol. The Labute approximate surface area is 171 Å². The van der Waals surface area contributed by atoms with Gasteiger partial charge in [-0.25, -0.2) is 4.98 Å². The van der Waals surface area contributed by atoms with E-state index in [1.807, 2.05) is 24.7 Å². The van der Waals surface area contributed by atoms with Gasteiger partial charge in [-0.1, -0.05) is 0 Å². The molecule has 0 radical (unpaired) electrons. The molecule has 0 saturated heterocycles. The van der Waals surface area contributed by atoms with Crippen LogP contribution in [0.25, 0.3) is 0 Å². The molecule has 0 spiro atoms. The van der Waals surface area contributed by atoms with Crippen LogP contribution in [0.15, 0.2) is 22.8 Å². The molecular formula is C15H22F3IN6S. The van der Waals surface area contributed by atoms with Crippen molar-refractivity contribution in [3.05, 3.63) is 34.0 Å². The Kier molecular flexibility index (Phi) is 9.33. The lowest BCUT2D eigenvalue weighted by atomic mass is 10.4. The molecule has 2 N–H and O–H groups in total. The van der Waals surface area contributed by atoms with E-state index in [0.717, 1.165) is 22.3 Å². The van der Waals surface area contributed by atoms with Crippen LogP contribution < -0.4 is 10.6 Å². The van der Waals surface area contributed by atoms with Crippen LogP contribution in [0.4, 0.5) is 13.2 Å². The molecule has 0 aromatic carbocycles. The van der Waals surface area contributed by atoms with E-state index >= 15 is 0 Å². The molecule has 2 aromatic rings. The topological polar surface area (TPSA) is 67.1 Å². The zero-order chi connectivity index (χ0) is 18.3. The normalized spacial score (nSPS) is 12.0. The van der Waals surface area contributed by atoms with Gasteiger partial charge in [-0.3, -0.25) is 9.67 Å². The highest BCUT2D eigenvalue weighted by molar-refractivity contribution is 14.0. The molecule has 0 amide bonds. The van der Waals surface area contributed by atoms with Crippen molar-refractivity contribution in [3.63, 3.8) is 0 Å². The van der Waals surface area contributed by atoms with Crippen molar-refractivity contribution >= 4 is 41.3 Å². The van der Waals surface area contributed by atoms with Crippen molar-refractivity contribution < 1.29 is 13.2 Å². The number of aromatic nitrogens is 3. The first-order valence-corrected chi connectivity index (χ1v) is 8.79. The van der Waals surface area contributed by atoms with E-state index in [2.05, 4.69) is 25.7 Å². The second-order valence-electron chi connectivity index (χ2n) is 5.34. The summed E-state index contributed by atoms with van der Waals surface area (Å²) in [7, 11) is 0. The number of aryl methyl sites for hydroxylation is 1. The number of aliphatic imine (C=N–C) groups is 1. The SMILES string of the molecule is CCNC(=NCCc1nc(C(F)(F)F)cs1)NCCn1cc(C)cn1.I. The highest BCUT2D eigenvalue weighted by Crippen LogP contribution is 2.30. The summed E-state index contributed by atoms with van der Waals surface area (Å²) in [6, 6.07) is 0. The number of thiazole rings is 1. The van der Waals surface area contributed by atoms with Crippen LogP contribution in [0.5, 0.6) is 0 Å². The number of alkyl halides is 3. The van der Waals surface area contributed by atoms with Gasteiger partial charge in [0.1, 0.15) is 0 Å². The Bertz CT molecular complexity index is 698. The van der Waals surface area contributed by atoms with Gasteiger partial charge in [-0.2, -0.15) is 18.3 Å². The van der Waals surface area contributed by atoms with Gasteiger partial charge in [0.25, 0.3) is 0 Å². The molecule has 0 unspecified atom stereocenters. The van der Waals surface area contributed by atoms with Crippen LogP contribution >= 0.6 is 35.3 Å². The molecule has 0 bridgehead atoms. The minimum atomic E-state index is -4.39. The molecule has 0 fully saturated rings. The zero-order valence-corrected chi connectivity index (χ0v) is 17.7. The van der Waals surface area contributed by atoms with Crippen LogP contribution in [0, 0.1) is 6.92 Å². The van der Waals surface area contributed by atoms with Gasteiger partial charge in [-0.15, -0.1) is 35.3 Å². The van der Waals surface area contributed by atoms with Crippen molar-refractivity contribution in [2.24, 2.45) is 4.99 Å². The Hall–Kier alpha value is -1.37. The van der Waals surface area contributed by atoms with Gasteiger partial charge in [0.05, 0.1) is 17.7 Å². The third-order valence-electron chi connectivity index (χ3n) is 3.18. The lowest BCUT2D eigenvalue weighted by Crippen LogP contribution is -2.39. The first kappa shape index (κ1) is 22.7. The van der Waals surface area contributed by atoms with E-state index in [0.29, 0.717) is 43.6 Å². The molecule has 2 aromatic heterocycles. The lowest BCUT2D eigenvalue weighted by molar-refractivity contribution is -0.140. The van der Waals surface area contributed by atoms with E-state index in [-0.39, 0.29) is 24.0 Å². The molecule has 0 saturated carbocycles. The average Bonchev–Trinajstić information content (AvgIpc) is 3.16. The summed E-state index contributed by atoms with van der Waals surface area (Å²) >= 11 is 1.01. The number of rotatable bonds is 7. The number of hydrogen-bond donors (Lipinski definition) is 2. The molecule has 2 heterocycles. The number of hydrogen-bond acceptors (Lipinski definition) is 4. The van der Waals surface area contributed by atoms with Crippen molar-refractivity contribution in [1.29, 1.82) is 0 Å². The largest absolute Gasteiger partial charge is 0.434 e. The van der Waals surface area contributed by atoms with Crippen LogP contribution in [0.1, 0.15) is 23.2 Å². The molecule has 146 valence electrons. The Morgan fingerprint density at radius 2 is 2.12 bits per heavy atom. The average molecular weight is 502 g/mol. The van der Waals surface area contributed by atoms with Crippen LogP contribution in [-0.2, 0) is 19.1 Å². The summed E-state index contributed by atoms with van der Waals surface area (Å²) in [5, 5.41) is 11.9. The fourth-order valence-electron chi connectivity index (χ4n) is 2.04. The maximum absolute atomic E-state index is 12.5. The fraction of sp³-hybridized carbons (Fsp3) is 0.533. The lowest BCUT2D eigenvalue weighted by Gasteiger charge is -2.11. The highest BCUT2D eigenvalue weighted by Gasteiger charge is 2.33. The maximum atomic E-state index is 12.5. The van der Waals surface area contributed by atoms with Gasteiger partial charge in [0.2, 0.25) is 0 Å². The molecule has 6 nitrogen and oxygen atoms in total. The minimum absolute atomic E-state index is 0. The Balaban J connectivity index is 0.00000338. The molecule has 0 atom stereocenters. The molecule has 2 rings (SSSR count). The first-order valence-electron chi connectivity index (χ1n) is 7.91. The maximum Gasteiger partial charge on any atom is 0.434 e. The zero-order valence-electron chi connectivity index (χ0n) is 14.5. The van der Waals surface area contributed by atoms with Gasteiger partial charge in [0, 0.05) is 37.6 Å². The van der Waals surface area contributed by atoms with Crippen molar-refractivity contribution in [3.8, 4) is 0 Å². The van der Waals surface area contributed by atoms with E-state index in [4.69, 9.17) is 0 Å². The van der Waals surface area contributed by atoms with Gasteiger partial charge < -0.3 is 10.6 Å². The summed E-state index contributed by atoms with van der Waals surface area (Å²) in [5.41, 5.74) is 0.262. The van der Waals surface area contributed by atoms with Gasteiger partial charge in [-0.05, 0) is 19.4 Å². The second-order valence-corrected chi connectivity index (χ2v) is 6.29. The quantitative estimate of drug-likeness (QED) is 0.347. The third-order valence-corrected chi connectivity index (χ3v) is 4.09. The molecule has 26 heavy (non-hydrogen) atoms. The van der Waals surface area contributed by atoms with Crippen molar-refractivity contribution in [1.82, 2.24) is 25.4 Å².